The van der Waals surface area contributed by atoms with Crippen molar-refractivity contribution in [1.29, 1.82) is 0 Å². The predicted octanol–water partition coefficient (Wildman–Crippen LogP) is 2.05. The molecule has 1 aliphatic heterocycles. The van der Waals surface area contributed by atoms with Gasteiger partial charge in [0.1, 0.15) is 6.04 Å². The van der Waals surface area contributed by atoms with E-state index in [1.54, 1.807) is 16.7 Å². The van der Waals surface area contributed by atoms with Gasteiger partial charge in [0.15, 0.2) is 0 Å². The maximum atomic E-state index is 12.3. The number of aliphatic carboxylic acids is 1. The topological polar surface area (TPSA) is 83.6 Å². The Hall–Kier alpha value is -0.750. The molecule has 1 amide bonds. The zero-order valence-electron chi connectivity index (χ0n) is 12.2. The molecule has 6 heteroatoms. The summed E-state index contributed by atoms with van der Waals surface area (Å²) >= 11 is 1.59. The van der Waals surface area contributed by atoms with E-state index in [9.17, 15) is 14.7 Å². The SMILES string of the molecule is CCCC1SCC(C(=O)O)N1C(=O)CCCCCCN. The van der Waals surface area contributed by atoms with E-state index in [0.29, 0.717) is 18.7 Å². The molecule has 0 aromatic rings. The highest BCUT2D eigenvalue weighted by Gasteiger charge is 2.40. The number of carboxylic acids is 1. The summed E-state index contributed by atoms with van der Waals surface area (Å²) in [6.07, 6.45) is 6.13. The van der Waals surface area contributed by atoms with Crippen molar-refractivity contribution in [3.63, 3.8) is 0 Å². The maximum absolute atomic E-state index is 12.3. The van der Waals surface area contributed by atoms with Crippen LogP contribution in [-0.2, 0) is 9.59 Å². The fourth-order valence-corrected chi connectivity index (χ4v) is 4.00. The van der Waals surface area contributed by atoms with Crippen LogP contribution < -0.4 is 5.73 Å². The van der Waals surface area contributed by atoms with Crippen LogP contribution in [-0.4, -0.2) is 45.6 Å². The molecule has 0 aromatic carbocycles. The summed E-state index contributed by atoms with van der Waals surface area (Å²) in [7, 11) is 0. The molecular formula is C14H26N2O3S. The summed E-state index contributed by atoms with van der Waals surface area (Å²) in [4.78, 5) is 25.2. The van der Waals surface area contributed by atoms with Crippen LogP contribution in [0.3, 0.4) is 0 Å². The molecule has 0 aliphatic carbocycles. The van der Waals surface area contributed by atoms with Crippen molar-refractivity contribution in [2.24, 2.45) is 5.73 Å². The molecule has 0 radical (unpaired) electrons. The number of hydrogen-bond donors (Lipinski definition) is 2. The molecule has 1 saturated heterocycles. The number of carboxylic acid groups (broad SMARTS) is 1. The van der Waals surface area contributed by atoms with E-state index in [0.717, 1.165) is 38.5 Å². The molecule has 1 rings (SSSR count). The first kappa shape index (κ1) is 17.3. The van der Waals surface area contributed by atoms with Gasteiger partial charge in [-0.05, 0) is 25.8 Å². The highest BCUT2D eigenvalue weighted by Crippen LogP contribution is 2.33. The molecule has 0 spiro atoms. The van der Waals surface area contributed by atoms with Crippen LogP contribution in [0.5, 0.6) is 0 Å². The molecule has 5 nitrogen and oxygen atoms in total. The van der Waals surface area contributed by atoms with Crippen molar-refractivity contribution >= 4 is 23.6 Å². The van der Waals surface area contributed by atoms with Crippen LogP contribution in [0, 0.1) is 0 Å². The molecule has 0 aromatic heterocycles. The summed E-state index contributed by atoms with van der Waals surface area (Å²) in [6.45, 7) is 2.75. The number of hydrogen-bond acceptors (Lipinski definition) is 4. The van der Waals surface area contributed by atoms with Crippen molar-refractivity contribution in [1.82, 2.24) is 4.90 Å². The molecule has 20 heavy (non-hydrogen) atoms. The minimum Gasteiger partial charge on any atom is -0.480 e. The van der Waals surface area contributed by atoms with Gasteiger partial charge in [0.2, 0.25) is 5.91 Å². The van der Waals surface area contributed by atoms with E-state index in [4.69, 9.17) is 5.73 Å². The lowest BCUT2D eigenvalue weighted by atomic mass is 10.1. The van der Waals surface area contributed by atoms with Gasteiger partial charge in [-0.25, -0.2) is 4.79 Å². The number of rotatable bonds is 9. The second-order valence-corrected chi connectivity index (χ2v) is 6.40. The Morgan fingerprint density at radius 3 is 2.60 bits per heavy atom. The quantitative estimate of drug-likeness (QED) is 0.637. The Bertz CT molecular complexity index is 326. The fraction of sp³-hybridized carbons (Fsp3) is 0.857. The highest BCUT2D eigenvalue weighted by atomic mass is 32.2. The number of nitrogens with zero attached hydrogens (tertiary/aromatic N) is 1. The third-order valence-electron chi connectivity index (χ3n) is 3.55. The molecule has 2 atom stereocenters. The van der Waals surface area contributed by atoms with E-state index in [1.807, 2.05) is 0 Å². The zero-order chi connectivity index (χ0) is 15.0. The predicted molar refractivity (Wildman–Crippen MR) is 81.6 cm³/mol. The first-order valence-corrected chi connectivity index (χ1v) is 8.52. The Morgan fingerprint density at radius 1 is 1.30 bits per heavy atom. The number of unbranched alkanes of at least 4 members (excludes halogenated alkanes) is 3. The lowest BCUT2D eigenvalue weighted by Crippen LogP contribution is -2.45. The van der Waals surface area contributed by atoms with E-state index < -0.39 is 12.0 Å². The van der Waals surface area contributed by atoms with Gasteiger partial charge in [0.05, 0.1) is 5.37 Å². The average Bonchev–Trinajstić information content (AvgIpc) is 2.83. The normalized spacial score (nSPS) is 22.2. The zero-order valence-corrected chi connectivity index (χ0v) is 13.0. The van der Waals surface area contributed by atoms with Crippen molar-refractivity contribution in [3.05, 3.63) is 0 Å². The van der Waals surface area contributed by atoms with Gasteiger partial charge >= 0.3 is 5.97 Å². The molecule has 2 unspecified atom stereocenters. The summed E-state index contributed by atoms with van der Waals surface area (Å²) in [5.74, 6) is -0.375. The van der Waals surface area contributed by atoms with Gasteiger partial charge in [-0.3, -0.25) is 4.79 Å². The standard InChI is InChI=1S/C14H26N2O3S/c1-2-7-13-16(11(10-20-13)14(18)19)12(17)8-5-3-4-6-9-15/h11,13H,2-10,15H2,1H3,(H,18,19). The van der Waals surface area contributed by atoms with E-state index in [2.05, 4.69) is 6.92 Å². The number of carbonyl (C=O) groups is 2. The fourth-order valence-electron chi connectivity index (χ4n) is 2.46. The van der Waals surface area contributed by atoms with Crippen LogP contribution in [0.25, 0.3) is 0 Å². The largest absolute Gasteiger partial charge is 0.480 e. The Morgan fingerprint density at radius 2 is 2.00 bits per heavy atom. The summed E-state index contributed by atoms with van der Waals surface area (Å²) < 4.78 is 0. The molecule has 0 saturated carbocycles. The van der Waals surface area contributed by atoms with Gasteiger partial charge in [0.25, 0.3) is 0 Å². The van der Waals surface area contributed by atoms with Crippen LogP contribution in [0.1, 0.15) is 51.9 Å². The number of nitrogens with two attached hydrogens (primary N) is 1. The van der Waals surface area contributed by atoms with Crippen molar-refractivity contribution < 1.29 is 14.7 Å². The molecule has 3 N–H and O–H groups in total. The third-order valence-corrected chi connectivity index (χ3v) is 4.90. The highest BCUT2D eigenvalue weighted by molar-refractivity contribution is 8.00. The first-order chi connectivity index (χ1) is 9.61. The monoisotopic (exact) mass is 302 g/mol. The van der Waals surface area contributed by atoms with Crippen molar-refractivity contribution in [2.45, 2.75) is 63.3 Å². The van der Waals surface area contributed by atoms with Crippen LogP contribution in [0.2, 0.25) is 0 Å². The summed E-state index contributed by atoms with van der Waals surface area (Å²) in [6, 6.07) is -0.645. The molecule has 1 aliphatic rings. The van der Waals surface area contributed by atoms with Crippen molar-refractivity contribution in [2.75, 3.05) is 12.3 Å². The number of carbonyl (C=O) groups excluding carboxylic acids is 1. The van der Waals surface area contributed by atoms with Gasteiger partial charge in [-0.15, -0.1) is 11.8 Å². The molecular weight excluding hydrogens is 276 g/mol. The minimum absolute atomic E-state index is 0.00593. The molecule has 1 fully saturated rings. The van der Waals surface area contributed by atoms with Gasteiger partial charge in [-0.1, -0.05) is 26.2 Å². The average molecular weight is 302 g/mol. The van der Waals surface area contributed by atoms with Crippen molar-refractivity contribution in [3.8, 4) is 0 Å². The second-order valence-electron chi connectivity index (χ2n) is 5.18. The van der Waals surface area contributed by atoms with Gasteiger partial charge in [-0.2, -0.15) is 0 Å². The minimum atomic E-state index is -0.882. The van der Waals surface area contributed by atoms with Gasteiger partial charge in [0, 0.05) is 12.2 Å². The first-order valence-electron chi connectivity index (χ1n) is 7.47. The lowest BCUT2D eigenvalue weighted by molar-refractivity contribution is -0.149. The van der Waals surface area contributed by atoms with E-state index in [1.165, 1.54) is 0 Å². The van der Waals surface area contributed by atoms with Crippen LogP contribution in [0.15, 0.2) is 0 Å². The van der Waals surface area contributed by atoms with E-state index in [-0.39, 0.29) is 11.3 Å². The number of thioether (sulfide) groups is 1. The smallest absolute Gasteiger partial charge is 0.327 e. The van der Waals surface area contributed by atoms with E-state index >= 15 is 0 Å². The Labute approximate surface area is 125 Å². The third kappa shape index (κ3) is 4.98. The summed E-state index contributed by atoms with van der Waals surface area (Å²) in [5, 5.41) is 9.28. The second kappa shape index (κ2) is 9.23. The van der Waals surface area contributed by atoms with Gasteiger partial charge < -0.3 is 15.7 Å². The molecule has 116 valence electrons. The Balaban J connectivity index is 2.49. The van der Waals surface area contributed by atoms with Crippen LogP contribution in [0.4, 0.5) is 0 Å². The summed E-state index contributed by atoms with van der Waals surface area (Å²) in [5.41, 5.74) is 5.43. The van der Waals surface area contributed by atoms with Crippen LogP contribution >= 0.6 is 11.8 Å². The lowest BCUT2D eigenvalue weighted by Gasteiger charge is -2.27. The Kier molecular flexibility index (Phi) is 7.99. The maximum Gasteiger partial charge on any atom is 0.327 e. The molecule has 0 bridgehead atoms. The molecule has 1 heterocycles. The number of amides is 1.